The molecule has 0 bridgehead atoms. The molecule has 17 heavy (non-hydrogen) atoms. The summed E-state index contributed by atoms with van der Waals surface area (Å²) < 4.78 is 7.43. The molecule has 0 atom stereocenters. The average molecular weight is 225 g/mol. The lowest BCUT2D eigenvalue weighted by atomic mass is 10.3. The minimum Gasteiger partial charge on any atom is -0.473 e. The van der Waals surface area contributed by atoms with Crippen LogP contribution in [-0.4, -0.2) is 19.5 Å². The Balaban J connectivity index is 1.82. The molecule has 2 aromatic heterocycles. The van der Waals surface area contributed by atoms with E-state index in [0.29, 0.717) is 6.73 Å². The van der Waals surface area contributed by atoms with E-state index in [2.05, 4.69) is 21.0 Å². The molecule has 1 radical (unpaired) electrons. The molecule has 0 N–H and O–H groups in total. The maximum atomic E-state index is 5.60. The second kappa shape index (κ2) is 4.21. The van der Waals surface area contributed by atoms with E-state index in [4.69, 9.17) is 4.74 Å². The number of ether oxygens (including phenoxy) is 1. The molecule has 0 unspecified atom stereocenters. The Labute approximate surface area is 97.7 Å². The monoisotopic (exact) mass is 225 g/mol. The Bertz CT molecular complexity index is 620. The fourth-order valence-electron chi connectivity index (χ4n) is 1.52. The number of aromatic nitrogens is 4. The van der Waals surface area contributed by atoms with E-state index >= 15 is 0 Å². The summed E-state index contributed by atoms with van der Waals surface area (Å²) in [6.07, 6.45) is 4.86. The van der Waals surface area contributed by atoms with Crippen LogP contribution in [0, 0.1) is 6.07 Å². The molecule has 5 heteroatoms. The summed E-state index contributed by atoms with van der Waals surface area (Å²) in [5, 5.41) is 0. The Morgan fingerprint density at radius 3 is 3.00 bits per heavy atom. The van der Waals surface area contributed by atoms with E-state index in [1.54, 1.807) is 12.5 Å². The van der Waals surface area contributed by atoms with E-state index < -0.39 is 0 Å². The molecule has 0 amide bonds. The lowest BCUT2D eigenvalue weighted by Crippen LogP contribution is -2.04. The SMILES string of the molecule is [c]1ccc(OCn2cnc3cncnc32)cc1. The van der Waals surface area contributed by atoms with Gasteiger partial charge in [0.25, 0.3) is 0 Å². The number of hydrogen-bond acceptors (Lipinski definition) is 4. The molecule has 2 heterocycles. The van der Waals surface area contributed by atoms with Gasteiger partial charge in [0.1, 0.15) is 17.6 Å². The molecule has 5 nitrogen and oxygen atoms in total. The highest BCUT2D eigenvalue weighted by molar-refractivity contribution is 5.68. The minimum atomic E-state index is 0.373. The van der Waals surface area contributed by atoms with Crippen LogP contribution in [0.5, 0.6) is 5.75 Å². The van der Waals surface area contributed by atoms with Crippen molar-refractivity contribution in [1.82, 2.24) is 19.5 Å². The van der Waals surface area contributed by atoms with Crippen molar-refractivity contribution in [3.8, 4) is 5.75 Å². The van der Waals surface area contributed by atoms with Crippen LogP contribution >= 0.6 is 0 Å². The van der Waals surface area contributed by atoms with Gasteiger partial charge in [-0.05, 0) is 18.2 Å². The summed E-state index contributed by atoms with van der Waals surface area (Å²) in [7, 11) is 0. The predicted molar refractivity (Wildman–Crippen MR) is 61.2 cm³/mol. The van der Waals surface area contributed by atoms with Gasteiger partial charge in [-0.15, -0.1) is 0 Å². The van der Waals surface area contributed by atoms with Crippen molar-refractivity contribution in [3.63, 3.8) is 0 Å². The normalized spacial score (nSPS) is 10.6. The smallest absolute Gasteiger partial charge is 0.167 e. The molecule has 0 saturated carbocycles. The molecule has 3 aromatic rings. The number of benzene rings is 1. The van der Waals surface area contributed by atoms with Gasteiger partial charge in [-0.1, -0.05) is 12.1 Å². The molecule has 0 fully saturated rings. The third-order valence-corrected chi connectivity index (χ3v) is 2.34. The average Bonchev–Trinajstić information content (AvgIpc) is 2.81. The predicted octanol–water partition coefficient (Wildman–Crippen LogP) is 1.66. The minimum absolute atomic E-state index is 0.373. The van der Waals surface area contributed by atoms with Crippen LogP contribution < -0.4 is 4.74 Å². The highest BCUT2D eigenvalue weighted by Crippen LogP contribution is 2.11. The maximum Gasteiger partial charge on any atom is 0.167 e. The summed E-state index contributed by atoms with van der Waals surface area (Å²) >= 11 is 0. The zero-order valence-electron chi connectivity index (χ0n) is 8.95. The van der Waals surface area contributed by atoms with Crippen molar-refractivity contribution in [2.45, 2.75) is 6.73 Å². The first-order chi connectivity index (χ1) is 8.43. The molecule has 0 aliphatic heterocycles. The fourth-order valence-corrected chi connectivity index (χ4v) is 1.52. The summed E-state index contributed by atoms with van der Waals surface area (Å²) in [5.74, 6) is 0.791. The molecule has 0 saturated heterocycles. The van der Waals surface area contributed by atoms with Crippen LogP contribution in [-0.2, 0) is 6.73 Å². The van der Waals surface area contributed by atoms with Crippen LogP contribution in [0.3, 0.4) is 0 Å². The maximum absolute atomic E-state index is 5.60. The van der Waals surface area contributed by atoms with E-state index in [1.165, 1.54) is 6.33 Å². The van der Waals surface area contributed by atoms with Crippen molar-refractivity contribution in [2.24, 2.45) is 0 Å². The Kier molecular flexibility index (Phi) is 2.42. The second-order valence-electron chi connectivity index (χ2n) is 3.46. The van der Waals surface area contributed by atoms with Crippen molar-refractivity contribution in [2.75, 3.05) is 0 Å². The number of imidazole rings is 1. The van der Waals surface area contributed by atoms with Gasteiger partial charge in [0.15, 0.2) is 12.4 Å². The summed E-state index contributed by atoms with van der Waals surface area (Å²) in [6.45, 7) is 0.373. The summed E-state index contributed by atoms with van der Waals surface area (Å²) in [6, 6.07) is 10.3. The molecule has 0 spiro atoms. The third kappa shape index (κ3) is 1.94. The highest BCUT2D eigenvalue weighted by Gasteiger charge is 2.03. The van der Waals surface area contributed by atoms with Gasteiger partial charge in [0.05, 0.1) is 12.5 Å². The Morgan fingerprint density at radius 2 is 2.12 bits per heavy atom. The first kappa shape index (κ1) is 9.77. The van der Waals surface area contributed by atoms with Crippen LogP contribution in [0.1, 0.15) is 0 Å². The van der Waals surface area contributed by atoms with Crippen molar-refractivity contribution < 1.29 is 4.74 Å². The molecule has 0 aliphatic rings. The topological polar surface area (TPSA) is 52.8 Å². The fraction of sp³-hybridized carbons (Fsp3) is 0.0833. The number of nitrogens with zero attached hydrogens (tertiary/aromatic N) is 4. The summed E-state index contributed by atoms with van der Waals surface area (Å²) in [5.41, 5.74) is 1.53. The quantitative estimate of drug-likeness (QED) is 0.680. The number of rotatable bonds is 3. The zero-order chi connectivity index (χ0) is 11.5. The van der Waals surface area contributed by atoms with Gasteiger partial charge in [0.2, 0.25) is 0 Å². The largest absolute Gasteiger partial charge is 0.473 e. The van der Waals surface area contributed by atoms with Crippen molar-refractivity contribution in [3.05, 3.63) is 49.2 Å². The van der Waals surface area contributed by atoms with E-state index in [0.717, 1.165) is 16.9 Å². The summed E-state index contributed by atoms with van der Waals surface area (Å²) in [4.78, 5) is 12.3. The van der Waals surface area contributed by atoms with Gasteiger partial charge in [-0.25, -0.2) is 15.0 Å². The van der Waals surface area contributed by atoms with Crippen molar-refractivity contribution in [1.29, 1.82) is 0 Å². The van der Waals surface area contributed by atoms with Crippen molar-refractivity contribution >= 4 is 11.2 Å². The van der Waals surface area contributed by atoms with Crippen LogP contribution in [0.25, 0.3) is 11.2 Å². The van der Waals surface area contributed by atoms with Gasteiger partial charge in [0, 0.05) is 0 Å². The highest BCUT2D eigenvalue weighted by atomic mass is 16.5. The molecule has 83 valence electrons. The first-order valence-corrected chi connectivity index (χ1v) is 5.13. The molecular weight excluding hydrogens is 216 g/mol. The van der Waals surface area contributed by atoms with Crippen LogP contribution in [0.15, 0.2) is 43.1 Å². The number of hydrogen-bond donors (Lipinski definition) is 0. The van der Waals surface area contributed by atoms with E-state index in [1.807, 2.05) is 28.8 Å². The lowest BCUT2D eigenvalue weighted by Gasteiger charge is -2.06. The first-order valence-electron chi connectivity index (χ1n) is 5.13. The standard InChI is InChI=1S/C12H9N4O/c1-2-4-10(5-3-1)17-9-16-8-15-11-6-13-7-14-12(11)16/h2-8H,9H2. The zero-order valence-corrected chi connectivity index (χ0v) is 8.95. The van der Waals surface area contributed by atoms with Gasteiger partial charge >= 0.3 is 0 Å². The van der Waals surface area contributed by atoms with Gasteiger partial charge in [-0.2, -0.15) is 0 Å². The Hall–Kier alpha value is -2.43. The molecular formula is C12H9N4O. The molecule has 3 rings (SSSR count). The van der Waals surface area contributed by atoms with E-state index in [9.17, 15) is 0 Å². The van der Waals surface area contributed by atoms with Crippen LogP contribution in [0.2, 0.25) is 0 Å². The van der Waals surface area contributed by atoms with E-state index in [-0.39, 0.29) is 0 Å². The van der Waals surface area contributed by atoms with Gasteiger partial charge in [-0.3, -0.25) is 4.57 Å². The number of fused-ring (bicyclic) bond motifs is 1. The molecule has 1 aromatic carbocycles. The van der Waals surface area contributed by atoms with Gasteiger partial charge < -0.3 is 4.74 Å². The Morgan fingerprint density at radius 1 is 1.24 bits per heavy atom. The van der Waals surface area contributed by atoms with Crippen LogP contribution in [0.4, 0.5) is 0 Å². The second-order valence-corrected chi connectivity index (χ2v) is 3.46. The molecule has 0 aliphatic carbocycles. The third-order valence-electron chi connectivity index (χ3n) is 2.34. The lowest BCUT2D eigenvalue weighted by molar-refractivity contribution is 0.240.